The average molecular weight is 1370 g/mol. The third-order valence-corrected chi connectivity index (χ3v) is 20.5. The number of unbranched alkanes of at least 4 members (excludes halogenated alkanes) is 12. The van der Waals surface area contributed by atoms with Crippen LogP contribution >= 0.6 is 22.7 Å². The predicted molar refractivity (Wildman–Crippen MR) is 417 cm³/mol. The highest BCUT2D eigenvalue weighted by atomic mass is 32.1. The van der Waals surface area contributed by atoms with Crippen LogP contribution in [-0.2, 0) is 19.1 Å². The molecule has 2 heterocycles. The van der Waals surface area contributed by atoms with Crippen LogP contribution in [0, 0.1) is 0 Å². The van der Waals surface area contributed by atoms with Crippen molar-refractivity contribution in [2.24, 2.45) is 0 Å². The summed E-state index contributed by atoms with van der Waals surface area (Å²) in [4.78, 5) is 37.3. The first-order valence-electron chi connectivity index (χ1n) is 36.5. The van der Waals surface area contributed by atoms with Gasteiger partial charge >= 0.3 is 11.9 Å². The molecule has 0 N–H and O–H groups in total. The standard InChI is InChI=1S/C88H96N2O8S2/c1-7-13-17-21-57-95-73-43-35-69(36-44-73)89(70-37-45-74(46-38-70)96-58-22-18-14-8-2)67-31-25-63(26-32-67)81-53-55-83(99-81)65-29-51-77-78-52-30-66(62-80(78)85(79(77)61-65)86(87(91)93-11-5)88(92)94-12-6)84-56-54-82(100-84)64-27-33-68(34-28-64)90(71-39-47-75(48-40-71)97-59-23-19-15-9-3)72-41-49-76(50-42-72)98-60-24-20-16-10-4/h25-56,61-62H,7-24,57-60H2,1-6H3. The summed E-state index contributed by atoms with van der Waals surface area (Å²) in [6.07, 6.45) is 18.5. The molecule has 0 saturated heterocycles. The number of carbonyl (C=O) groups excluding carboxylic acids is 2. The third-order valence-electron chi connectivity index (χ3n) is 18.1. The second kappa shape index (κ2) is 36.6. The van der Waals surface area contributed by atoms with E-state index in [1.807, 2.05) is 0 Å². The summed E-state index contributed by atoms with van der Waals surface area (Å²) in [6.45, 7) is 15.4. The molecule has 0 saturated carbocycles. The Labute approximate surface area is 601 Å². The number of hydrogen-bond acceptors (Lipinski definition) is 12. The van der Waals surface area contributed by atoms with Gasteiger partial charge in [0.15, 0.2) is 5.57 Å². The van der Waals surface area contributed by atoms with Crippen molar-refractivity contribution in [3.63, 3.8) is 0 Å². The number of nitrogens with zero attached hydrogens (tertiary/aromatic N) is 2. The average Bonchev–Trinajstić information content (AvgIpc) is 1.58. The second-order valence-corrected chi connectivity index (χ2v) is 27.6. The van der Waals surface area contributed by atoms with Crippen molar-refractivity contribution in [3.8, 4) is 75.9 Å². The molecule has 12 heteroatoms. The molecule has 0 bridgehead atoms. The number of rotatable bonds is 38. The van der Waals surface area contributed by atoms with E-state index in [1.54, 1.807) is 36.5 Å². The number of esters is 2. The molecule has 10 aromatic rings. The highest BCUT2D eigenvalue weighted by Gasteiger charge is 2.35. The lowest BCUT2D eigenvalue weighted by molar-refractivity contribution is -0.146. The smallest absolute Gasteiger partial charge is 0.346 e. The molecule has 1 aliphatic carbocycles. The van der Waals surface area contributed by atoms with Crippen LogP contribution in [0.3, 0.4) is 0 Å². The molecule has 0 unspecified atom stereocenters. The number of hydrogen-bond donors (Lipinski definition) is 0. The van der Waals surface area contributed by atoms with Gasteiger partial charge in [0.2, 0.25) is 0 Å². The van der Waals surface area contributed by atoms with Crippen molar-refractivity contribution in [1.29, 1.82) is 0 Å². The Kier molecular flexibility index (Phi) is 26.3. The molecule has 0 aliphatic heterocycles. The van der Waals surface area contributed by atoms with Gasteiger partial charge in [0.25, 0.3) is 0 Å². The molecular weight excluding hydrogens is 1280 g/mol. The maximum atomic E-state index is 14.2. The van der Waals surface area contributed by atoms with Crippen LogP contribution in [0.1, 0.15) is 155 Å². The molecular formula is C88H96N2O8S2. The summed E-state index contributed by atoms with van der Waals surface area (Å²) >= 11 is 3.39. The summed E-state index contributed by atoms with van der Waals surface area (Å²) in [5.74, 6) is 2.02. The van der Waals surface area contributed by atoms with Crippen LogP contribution < -0.4 is 28.7 Å². The SMILES string of the molecule is CCCCCCOc1ccc(N(c2ccc(OCCCCCC)cc2)c2ccc(-c3ccc(-c4ccc5c(c4)C(=C(C(=O)OCC)C(=O)OCC)c4cc(-c6ccc(-c7ccc(N(c8ccc(OCCCCCC)cc8)c8ccc(OCCCCCC)cc8)cc7)s6)ccc4-5)s3)cc2)cc1. The first-order valence-corrected chi connectivity index (χ1v) is 38.1. The van der Waals surface area contributed by atoms with Crippen molar-refractivity contribution < 1.29 is 38.0 Å². The quantitative estimate of drug-likeness (QED) is 0.0122. The Hall–Kier alpha value is -9.36. The maximum absolute atomic E-state index is 14.2. The minimum atomic E-state index is -0.719. The van der Waals surface area contributed by atoms with Gasteiger partial charge in [0, 0.05) is 59.2 Å². The Morgan fingerprint density at radius 1 is 0.290 bits per heavy atom. The molecule has 518 valence electrons. The van der Waals surface area contributed by atoms with Crippen LogP contribution in [0.15, 0.2) is 212 Å². The minimum absolute atomic E-state index is 0.0934. The molecule has 2 aromatic heterocycles. The summed E-state index contributed by atoms with van der Waals surface area (Å²) in [6, 6.07) is 72.4. The summed E-state index contributed by atoms with van der Waals surface area (Å²) < 4.78 is 36.0. The largest absolute Gasteiger partial charge is 0.494 e. The molecule has 0 fully saturated rings. The van der Waals surface area contributed by atoms with Crippen LogP contribution in [0.4, 0.5) is 34.1 Å². The zero-order chi connectivity index (χ0) is 69.4. The predicted octanol–water partition coefficient (Wildman–Crippen LogP) is 25.2. The molecule has 8 aromatic carbocycles. The van der Waals surface area contributed by atoms with Crippen LogP contribution in [0.2, 0.25) is 0 Å². The van der Waals surface area contributed by atoms with Gasteiger partial charge in [-0.2, -0.15) is 0 Å². The lowest BCUT2D eigenvalue weighted by Crippen LogP contribution is -2.20. The van der Waals surface area contributed by atoms with Gasteiger partial charge in [-0.05, 0) is 242 Å². The fraction of sp³-hybridized carbons (Fsp3) is 0.318. The first kappa shape index (κ1) is 71.9. The van der Waals surface area contributed by atoms with Crippen molar-refractivity contribution in [2.45, 2.75) is 144 Å². The fourth-order valence-electron chi connectivity index (χ4n) is 12.8. The van der Waals surface area contributed by atoms with Crippen LogP contribution in [0.5, 0.6) is 23.0 Å². The van der Waals surface area contributed by atoms with Crippen LogP contribution in [0.25, 0.3) is 58.5 Å². The summed E-state index contributed by atoms with van der Waals surface area (Å²) in [7, 11) is 0. The van der Waals surface area contributed by atoms with Gasteiger partial charge in [0.1, 0.15) is 23.0 Å². The Morgan fingerprint density at radius 2 is 0.550 bits per heavy atom. The minimum Gasteiger partial charge on any atom is -0.494 e. The monoisotopic (exact) mass is 1370 g/mol. The highest BCUT2D eigenvalue weighted by molar-refractivity contribution is 7.19. The number of thiophene rings is 2. The van der Waals surface area contributed by atoms with Crippen molar-refractivity contribution >= 4 is 74.3 Å². The second-order valence-electron chi connectivity index (χ2n) is 25.4. The van der Waals surface area contributed by atoms with E-state index in [1.165, 1.54) is 77.0 Å². The summed E-state index contributed by atoms with van der Waals surface area (Å²) in [5, 5.41) is 0. The molecule has 100 heavy (non-hydrogen) atoms. The van der Waals surface area contributed by atoms with Gasteiger partial charge in [0.05, 0.1) is 39.6 Å². The molecule has 0 radical (unpaired) electrons. The van der Waals surface area contributed by atoms with E-state index in [0.717, 1.165) is 147 Å². The molecule has 1 aliphatic rings. The van der Waals surface area contributed by atoms with Gasteiger partial charge in [-0.3, -0.25) is 0 Å². The van der Waals surface area contributed by atoms with Gasteiger partial charge in [-0.15, -0.1) is 22.7 Å². The van der Waals surface area contributed by atoms with E-state index in [0.29, 0.717) is 32.0 Å². The number of benzene rings is 8. The van der Waals surface area contributed by atoms with Gasteiger partial charge < -0.3 is 38.2 Å². The number of fused-ring (bicyclic) bond motifs is 3. The van der Waals surface area contributed by atoms with E-state index in [-0.39, 0.29) is 18.8 Å². The molecule has 10 nitrogen and oxygen atoms in total. The van der Waals surface area contributed by atoms with E-state index in [9.17, 15) is 9.59 Å². The summed E-state index contributed by atoms with van der Waals surface area (Å²) in [5.41, 5.74) is 14.0. The molecule has 0 atom stereocenters. The van der Waals surface area contributed by atoms with Gasteiger partial charge in [-0.25, -0.2) is 9.59 Å². The van der Waals surface area contributed by atoms with E-state index < -0.39 is 11.9 Å². The van der Waals surface area contributed by atoms with Crippen molar-refractivity contribution in [2.75, 3.05) is 49.4 Å². The van der Waals surface area contributed by atoms with Crippen molar-refractivity contribution in [3.05, 3.63) is 223 Å². The van der Waals surface area contributed by atoms with Gasteiger partial charge in [-0.1, -0.05) is 153 Å². The number of carbonyl (C=O) groups is 2. The third kappa shape index (κ3) is 18.3. The topological polar surface area (TPSA) is 96.0 Å². The Balaban J connectivity index is 0.853. The molecule has 0 amide bonds. The zero-order valence-corrected chi connectivity index (χ0v) is 60.8. The lowest BCUT2D eigenvalue weighted by Gasteiger charge is -2.26. The van der Waals surface area contributed by atoms with E-state index in [4.69, 9.17) is 28.4 Å². The van der Waals surface area contributed by atoms with E-state index in [2.05, 4.69) is 244 Å². The van der Waals surface area contributed by atoms with Crippen LogP contribution in [-0.4, -0.2) is 51.6 Å². The first-order chi connectivity index (χ1) is 49.2. The lowest BCUT2D eigenvalue weighted by atomic mass is 9.95. The number of ether oxygens (including phenoxy) is 6. The van der Waals surface area contributed by atoms with Crippen molar-refractivity contribution in [1.82, 2.24) is 0 Å². The number of anilines is 6. The Bertz CT molecular complexity index is 3860. The normalized spacial score (nSPS) is 11.4. The van der Waals surface area contributed by atoms with E-state index >= 15 is 0 Å². The molecule has 0 spiro atoms. The fourth-order valence-corrected chi connectivity index (χ4v) is 14.8. The zero-order valence-electron chi connectivity index (χ0n) is 59.2. The maximum Gasteiger partial charge on any atom is 0.346 e. The molecule has 11 rings (SSSR count). The Morgan fingerprint density at radius 3 is 0.820 bits per heavy atom. The highest BCUT2D eigenvalue weighted by Crippen LogP contribution is 2.51.